The van der Waals surface area contributed by atoms with Crippen LogP contribution in [0.25, 0.3) is 0 Å². The van der Waals surface area contributed by atoms with Crippen molar-refractivity contribution in [2.75, 3.05) is 24.4 Å². The van der Waals surface area contributed by atoms with E-state index in [2.05, 4.69) is 15.4 Å². The quantitative estimate of drug-likeness (QED) is 0.755. The van der Waals surface area contributed by atoms with Crippen molar-refractivity contribution in [2.45, 2.75) is 6.92 Å². The summed E-state index contributed by atoms with van der Waals surface area (Å²) in [7, 11) is 1.28. The molecule has 2 N–H and O–H groups in total. The van der Waals surface area contributed by atoms with Gasteiger partial charge in [-0.05, 0) is 48.5 Å². The fraction of sp³-hybridized carbons (Fsp3) is 0.158. The van der Waals surface area contributed by atoms with Gasteiger partial charge in [0, 0.05) is 18.3 Å². The van der Waals surface area contributed by atoms with Crippen molar-refractivity contribution in [1.29, 1.82) is 0 Å². The number of hydrogen-bond donors (Lipinski definition) is 2. The van der Waals surface area contributed by atoms with Gasteiger partial charge in [0.1, 0.15) is 0 Å². The number of carbonyl (C=O) groups excluding carboxylic acids is 4. The Bertz CT molecular complexity index is 844. The molecule has 0 fully saturated rings. The molecule has 8 heteroatoms. The van der Waals surface area contributed by atoms with E-state index >= 15 is 0 Å². The summed E-state index contributed by atoms with van der Waals surface area (Å²) >= 11 is 0. The zero-order valence-corrected chi connectivity index (χ0v) is 14.8. The van der Waals surface area contributed by atoms with E-state index < -0.39 is 24.5 Å². The zero-order chi connectivity index (χ0) is 19.8. The predicted octanol–water partition coefficient (Wildman–Crippen LogP) is 2.23. The highest BCUT2D eigenvalue weighted by Gasteiger charge is 2.11. The highest BCUT2D eigenvalue weighted by atomic mass is 16.5. The van der Waals surface area contributed by atoms with Gasteiger partial charge in [0.05, 0.1) is 18.2 Å². The van der Waals surface area contributed by atoms with Crippen molar-refractivity contribution in [3.8, 4) is 0 Å². The first-order valence-electron chi connectivity index (χ1n) is 7.92. The number of esters is 2. The predicted molar refractivity (Wildman–Crippen MR) is 97.4 cm³/mol. The van der Waals surface area contributed by atoms with E-state index in [1.54, 1.807) is 12.1 Å². The standard InChI is InChI=1S/C19H18N2O6/c1-12(22)20-15-7-5-14(6-8-15)19(25)27-11-17(23)21-16-9-3-13(4-10-16)18(24)26-2/h3-10H,11H2,1-2H3,(H,20,22)(H,21,23). The van der Waals surface area contributed by atoms with E-state index in [0.29, 0.717) is 16.9 Å². The molecule has 140 valence electrons. The lowest BCUT2D eigenvalue weighted by atomic mass is 10.2. The van der Waals surface area contributed by atoms with Crippen LogP contribution in [0, 0.1) is 0 Å². The molecule has 0 unspecified atom stereocenters. The van der Waals surface area contributed by atoms with E-state index in [4.69, 9.17) is 4.74 Å². The van der Waals surface area contributed by atoms with Gasteiger partial charge in [0.25, 0.3) is 5.91 Å². The molecule has 0 bridgehead atoms. The molecule has 0 radical (unpaired) electrons. The molecule has 27 heavy (non-hydrogen) atoms. The fourth-order valence-corrected chi connectivity index (χ4v) is 2.11. The molecular weight excluding hydrogens is 352 g/mol. The van der Waals surface area contributed by atoms with Crippen LogP contribution < -0.4 is 10.6 Å². The number of hydrogen-bond acceptors (Lipinski definition) is 6. The lowest BCUT2D eigenvalue weighted by molar-refractivity contribution is -0.119. The van der Waals surface area contributed by atoms with Crippen LogP contribution in [0.15, 0.2) is 48.5 Å². The van der Waals surface area contributed by atoms with Crippen molar-refractivity contribution in [3.63, 3.8) is 0 Å². The Hall–Kier alpha value is -3.68. The maximum Gasteiger partial charge on any atom is 0.338 e. The number of anilines is 2. The van der Waals surface area contributed by atoms with Crippen molar-refractivity contribution in [1.82, 2.24) is 0 Å². The smallest absolute Gasteiger partial charge is 0.338 e. The van der Waals surface area contributed by atoms with Crippen LogP contribution in [0.5, 0.6) is 0 Å². The van der Waals surface area contributed by atoms with Crippen LogP contribution in [-0.2, 0) is 19.1 Å². The molecule has 8 nitrogen and oxygen atoms in total. The zero-order valence-electron chi connectivity index (χ0n) is 14.8. The average molecular weight is 370 g/mol. The molecular formula is C19H18N2O6. The van der Waals surface area contributed by atoms with Gasteiger partial charge < -0.3 is 20.1 Å². The first-order valence-corrected chi connectivity index (χ1v) is 7.92. The third-order valence-corrected chi connectivity index (χ3v) is 3.37. The van der Waals surface area contributed by atoms with Crippen molar-refractivity contribution < 1.29 is 28.7 Å². The lowest BCUT2D eigenvalue weighted by Gasteiger charge is -2.08. The van der Waals surface area contributed by atoms with Crippen LogP contribution >= 0.6 is 0 Å². The Morgan fingerprint density at radius 3 is 1.74 bits per heavy atom. The van der Waals surface area contributed by atoms with E-state index in [9.17, 15) is 19.2 Å². The van der Waals surface area contributed by atoms with Gasteiger partial charge in [-0.1, -0.05) is 0 Å². The van der Waals surface area contributed by atoms with Crippen molar-refractivity contribution >= 4 is 35.1 Å². The summed E-state index contributed by atoms with van der Waals surface area (Å²) in [6.07, 6.45) is 0. The van der Waals surface area contributed by atoms with E-state index in [-0.39, 0.29) is 11.5 Å². The second kappa shape index (κ2) is 9.14. The maximum absolute atomic E-state index is 11.9. The molecule has 0 aromatic heterocycles. The third kappa shape index (κ3) is 5.96. The molecule has 2 rings (SSSR count). The highest BCUT2D eigenvalue weighted by molar-refractivity contribution is 5.96. The summed E-state index contributed by atoms with van der Waals surface area (Å²) in [6, 6.07) is 12.2. The summed E-state index contributed by atoms with van der Waals surface area (Å²) < 4.78 is 9.54. The first-order chi connectivity index (χ1) is 12.9. The molecule has 0 saturated carbocycles. The third-order valence-electron chi connectivity index (χ3n) is 3.37. The van der Waals surface area contributed by atoms with Crippen LogP contribution in [0.1, 0.15) is 27.6 Å². The minimum atomic E-state index is -0.666. The van der Waals surface area contributed by atoms with Crippen LogP contribution in [0.2, 0.25) is 0 Å². The van der Waals surface area contributed by atoms with Gasteiger partial charge in [-0.3, -0.25) is 9.59 Å². The number of nitrogens with one attached hydrogen (secondary N) is 2. The normalized spacial score (nSPS) is 9.85. The average Bonchev–Trinajstić information content (AvgIpc) is 2.66. The van der Waals surface area contributed by atoms with E-state index in [0.717, 1.165) is 0 Å². The summed E-state index contributed by atoms with van der Waals surface area (Å²) in [4.78, 5) is 46.1. The molecule has 0 aliphatic rings. The lowest BCUT2D eigenvalue weighted by Crippen LogP contribution is -2.21. The Balaban J connectivity index is 1.84. The summed E-state index contributed by atoms with van der Waals surface area (Å²) in [5.74, 6) is -1.89. The Kier molecular flexibility index (Phi) is 6.65. The molecule has 0 spiro atoms. The highest BCUT2D eigenvalue weighted by Crippen LogP contribution is 2.12. The topological polar surface area (TPSA) is 111 Å². The largest absolute Gasteiger partial charge is 0.465 e. The number of rotatable bonds is 6. The fourth-order valence-electron chi connectivity index (χ4n) is 2.11. The molecule has 0 aliphatic carbocycles. The molecule has 0 atom stereocenters. The second-order valence-electron chi connectivity index (χ2n) is 5.45. The van der Waals surface area contributed by atoms with Gasteiger partial charge in [-0.25, -0.2) is 9.59 Å². The van der Waals surface area contributed by atoms with Crippen molar-refractivity contribution in [2.24, 2.45) is 0 Å². The Morgan fingerprint density at radius 2 is 1.26 bits per heavy atom. The van der Waals surface area contributed by atoms with Crippen LogP contribution in [0.3, 0.4) is 0 Å². The van der Waals surface area contributed by atoms with Gasteiger partial charge in [-0.15, -0.1) is 0 Å². The Morgan fingerprint density at radius 1 is 0.778 bits per heavy atom. The monoisotopic (exact) mass is 370 g/mol. The minimum Gasteiger partial charge on any atom is -0.465 e. The number of amides is 2. The number of ether oxygens (including phenoxy) is 2. The van der Waals surface area contributed by atoms with Crippen LogP contribution in [0.4, 0.5) is 11.4 Å². The van der Waals surface area contributed by atoms with Crippen LogP contribution in [-0.4, -0.2) is 37.5 Å². The summed E-state index contributed by atoms with van der Waals surface area (Å²) in [5.41, 5.74) is 1.60. The molecule has 0 heterocycles. The van der Waals surface area contributed by atoms with Gasteiger partial charge >= 0.3 is 11.9 Å². The molecule has 2 amide bonds. The molecule has 0 saturated heterocycles. The maximum atomic E-state index is 11.9. The first kappa shape index (κ1) is 19.6. The number of benzene rings is 2. The summed E-state index contributed by atoms with van der Waals surface area (Å²) in [6.45, 7) is 0.912. The number of carbonyl (C=O) groups is 4. The van der Waals surface area contributed by atoms with Crippen molar-refractivity contribution in [3.05, 3.63) is 59.7 Å². The molecule has 0 aliphatic heterocycles. The molecule has 2 aromatic rings. The van der Waals surface area contributed by atoms with E-state index in [1.807, 2.05) is 0 Å². The number of methoxy groups -OCH3 is 1. The SMILES string of the molecule is COC(=O)c1ccc(NC(=O)COC(=O)c2ccc(NC(C)=O)cc2)cc1. The van der Waals surface area contributed by atoms with Gasteiger partial charge in [-0.2, -0.15) is 0 Å². The minimum absolute atomic E-state index is 0.221. The van der Waals surface area contributed by atoms with Gasteiger partial charge in [0.15, 0.2) is 6.61 Å². The van der Waals surface area contributed by atoms with E-state index in [1.165, 1.54) is 50.4 Å². The summed E-state index contributed by atoms with van der Waals surface area (Å²) in [5, 5.41) is 5.13. The second-order valence-corrected chi connectivity index (χ2v) is 5.45. The van der Waals surface area contributed by atoms with Gasteiger partial charge in [0.2, 0.25) is 5.91 Å². The Labute approximate surface area is 155 Å². The molecule has 2 aromatic carbocycles.